The molecule has 1 saturated heterocycles. The highest BCUT2D eigenvalue weighted by molar-refractivity contribution is 6.38. The average Bonchev–Trinajstić information content (AvgIpc) is 2.41. The van der Waals surface area contributed by atoms with Gasteiger partial charge in [-0.2, -0.15) is 0 Å². The number of nitrogens with zero attached hydrogens (tertiary/aromatic N) is 1. The number of amides is 2. The molecule has 1 aliphatic heterocycles. The summed E-state index contributed by atoms with van der Waals surface area (Å²) < 4.78 is 5.08. The molecule has 6 nitrogen and oxygen atoms in total. The molecule has 1 heterocycles. The predicted octanol–water partition coefficient (Wildman–Crippen LogP) is 1.28. The van der Waals surface area contributed by atoms with Crippen molar-refractivity contribution in [3.8, 4) is 11.5 Å². The summed E-state index contributed by atoms with van der Waals surface area (Å²) in [4.78, 5) is 25.1. The van der Waals surface area contributed by atoms with Gasteiger partial charge >= 0.3 is 0 Å². The van der Waals surface area contributed by atoms with E-state index in [0.29, 0.717) is 13.1 Å². The lowest BCUT2D eigenvalue weighted by atomic mass is 10.1. The molecule has 20 heavy (non-hydrogen) atoms. The van der Waals surface area contributed by atoms with Crippen molar-refractivity contribution in [1.29, 1.82) is 0 Å². The van der Waals surface area contributed by atoms with Crippen LogP contribution in [0.1, 0.15) is 10.4 Å². The zero-order valence-corrected chi connectivity index (χ0v) is 12.1. The van der Waals surface area contributed by atoms with Crippen molar-refractivity contribution in [3.05, 3.63) is 21.7 Å². The number of piperazine rings is 1. The number of aromatic hydroxyl groups is 1. The topological polar surface area (TPSA) is 78.9 Å². The third-order valence-electron chi connectivity index (χ3n) is 2.90. The van der Waals surface area contributed by atoms with Crippen LogP contribution in [0, 0.1) is 0 Å². The van der Waals surface area contributed by atoms with E-state index < -0.39 is 5.91 Å². The second kappa shape index (κ2) is 5.76. The number of ether oxygens (including phenoxy) is 1. The minimum Gasteiger partial charge on any atom is -0.506 e. The molecule has 0 saturated carbocycles. The van der Waals surface area contributed by atoms with E-state index in [1.807, 2.05) is 0 Å². The number of carbonyl (C=O) groups excluding carboxylic acids is 2. The van der Waals surface area contributed by atoms with E-state index in [1.54, 1.807) is 0 Å². The Hall–Kier alpha value is -1.66. The van der Waals surface area contributed by atoms with Crippen LogP contribution in [0.4, 0.5) is 0 Å². The number of carbonyl (C=O) groups is 2. The highest BCUT2D eigenvalue weighted by Gasteiger charge is 2.29. The molecule has 2 amide bonds. The molecule has 0 spiro atoms. The molecule has 0 atom stereocenters. The SMILES string of the molecule is COc1c(Cl)cc(O)c(Cl)c1C(=O)N1CCNC(=O)C1. The molecule has 1 aliphatic rings. The summed E-state index contributed by atoms with van der Waals surface area (Å²) >= 11 is 11.9. The van der Waals surface area contributed by atoms with Gasteiger partial charge in [-0.25, -0.2) is 0 Å². The highest BCUT2D eigenvalue weighted by Crippen LogP contribution is 2.40. The van der Waals surface area contributed by atoms with E-state index >= 15 is 0 Å². The summed E-state index contributed by atoms with van der Waals surface area (Å²) in [5, 5.41) is 12.2. The van der Waals surface area contributed by atoms with Gasteiger partial charge in [0, 0.05) is 19.2 Å². The first-order chi connectivity index (χ1) is 9.45. The molecular weight excluding hydrogens is 307 g/mol. The summed E-state index contributed by atoms with van der Waals surface area (Å²) in [5.41, 5.74) is -0.0473. The number of phenolic OH excluding ortho intramolecular Hbond substituents is 1. The lowest BCUT2D eigenvalue weighted by molar-refractivity contribution is -0.123. The van der Waals surface area contributed by atoms with Gasteiger partial charge in [0.25, 0.3) is 5.91 Å². The fourth-order valence-corrected chi connectivity index (χ4v) is 2.45. The molecule has 0 radical (unpaired) electrons. The van der Waals surface area contributed by atoms with E-state index in [2.05, 4.69) is 5.32 Å². The largest absolute Gasteiger partial charge is 0.506 e. The van der Waals surface area contributed by atoms with Crippen molar-refractivity contribution in [2.45, 2.75) is 0 Å². The molecule has 0 aromatic heterocycles. The molecule has 2 rings (SSSR count). The van der Waals surface area contributed by atoms with E-state index in [0.717, 1.165) is 0 Å². The average molecular weight is 319 g/mol. The van der Waals surface area contributed by atoms with Crippen molar-refractivity contribution in [2.24, 2.45) is 0 Å². The summed E-state index contributed by atoms with van der Waals surface area (Å²) in [6.45, 7) is 0.625. The van der Waals surface area contributed by atoms with Crippen molar-refractivity contribution in [1.82, 2.24) is 10.2 Å². The Labute approximate surface area is 125 Å². The lowest BCUT2D eigenvalue weighted by Crippen LogP contribution is -2.50. The quantitative estimate of drug-likeness (QED) is 0.861. The summed E-state index contributed by atoms with van der Waals surface area (Å²) in [7, 11) is 1.34. The molecular formula is C12H12Cl2N2O4. The van der Waals surface area contributed by atoms with Crippen molar-refractivity contribution >= 4 is 35.0 Å². The van der Waals surface area contributed by atoms with E-state index in [4.69, 9.17) is 27.9 Å². The van der Waals surface area contributed by atoms with Crippen molar-refractivity contribution in [2.75, 3.05) is 26.7 Å². The maximum absolute atomic E-state index is 12.5. The molecule has 0 aliphatic carbocycles. The fraction of sp³-hybridized carbons (Fsp3) is 0.333. The monoisotopic (exact) mass is 318 g/mol. The maximum Gasteiger partial charge on any atom is 0.259 e. The van der Waals surface area contributed by atoms with Crippen LogP contribution >= 0.6 is 23.2 Å². The van der Waals surface area contributed by atoms with Gasteiger partial charge < -0.3 is 20.1 Å². The van der Waals surface area contributed by atoms with Crippen LogP contribution in [-0.4, -0.2) is 48.6 Å². The van der Waals surface area contributed by atoms with E-state index in [1.165, 1.54) is 18.1 Å². The normalized spacial score (nSPS) is 14.9. The lowest BCUT2D eigenvalue weighted by Gasteiger charge is -2.27. The smallest absolute Gasteiger partial charge is 0.259 e. The summed E-state index contributed by atoms with van der Waals surface area (Å²) in [6, 6.07) is 1.20. The van der Waals surface area contributed by atoms with Gasteiger partial charge in [-0.05, 0) is 0 Å². The summed E-state index contributed by atoms with van der Waals surface area (Å²) in [5.74, 6) is -1.02. The highest BCUT2D eigenvalue weighted by atomic mass is 35.5. The van der Waals surface area contributed by atoms with Crippen LogP contribution in [0.3, 0.4) is 0 Å². The van der Waals surface area contributed by atoms with Gasteiger partial charge in [0.2, 0.25) is 5.91 Å². The zero-order valence-electron chi connectivity index (χ0n) is 10.6. The van der Waals surface area contributed by atoms with Crippen LogP contribution in [-0.2, 0) is 4.79 Å². The van der Waals surface area contributed by atoms with Crippen LogP contribution < -0.4 is 10.1 Å². The molecule has 2 N–H and O–H groups in total. The number of phenols is 1. The van der Waals surface area contributed by atoms with Crippen LogP contribution in [0.5, 0.6) is 11.5 Å². The number of halogens is 2. The second-order valence-corrected chi connectivity index (χ2v) is 4.96. The Morgan fingerprint density at radius 3 is 2.80 bits per heavy atom. The number of hydrogen-bond donors (Lipinski definition) is 2. The van der Waals surface area contributed by atoms with Gasteiger partial charge in [0.1, 0.15) is 11.3 Å². The number of benzene rings is 1. The minimum atomic E-state index is -0.514. The first-order valence-corrected chi connectivity index (χ1v) is 6.52. The third kappa shape index (κ3) is 2.62. The maximum atomic E-state index is 12.5. The first kappa shape index (κ1) is 14.7. The Morgan fingerprint density at radius 2 is 2.20 bits per heavy atom. The van der Waals surface area contributed by atoms with Gasteiger partial charge in [-0.1, -0.05) is 23.2 Å². The zero-order chi connectivity index (χ0) is 14.9. The minimum absolute atomic E-state index is 0.0473. The van der Waals surface area contributed by atoms with Crippen molar-refractivity contribution < 1.29 is 19.4 Å². The van der Waals surface area contributed by atoms with Crippen LogP contribution in [0.25, 0.3) is 0 Å². The Bertz CT molecular complexity index is 577. The molecule has 1 aromatic carbocycles. The van der Waals surface area contributed by atoms with Gasteiger partial charge in [-0.3, -0.25) is 9.59 Å². The molecule has 1 aromatic rings. The standard InChI is InChI=1S/C12H12Cl2N2O4/c1-20-11-6(13)4-7(17)10(14)9(11)12(19)16-3-2-15-8(18)5-16/h4,17H,2-3,5H2,1H3,(H,15,18). The fourth-order valence-electron chi connectivity index (χ4n) is 1.96. The Balaban J connectivity index is 2.45. The molecule has 108 valence electrons. The molecule has 8 heteroatoms. The third-order valence-corrected chi connectivity index (χ3v) is 3.56. The van der Waals surface area contributed by atoms with Gasteiger partial charge in [0.15, 0.2) is 5.75 Å². The number of rotatable bonds is 2. The molecule has 0 bridgehead atoms. The number of nitrogens with one attached hydrogen (secondary N) is 1. The van der Waals surface area contributed by atoms with Crippen LogP contribution in [0.2, 0.25) is 10.0 Å². The molecule has 1 fully saturated rings. The number of hydrogen-bond acceptors (Lipinski definition) is 4. The van der Waals surface area contributed by atoms with Gasteiger partial charge in [-0.15, -0.1) is 0 Å². The van der Waals surface area contributed by atoms with Crippen molar-refractivity contribution in [3.63, 3.8) is 0 Å². The Morgan fingerprint density at radius 1 is 1.50 bits per heavy atom. The predicted molar refractivity (Wildman–Crippen MR) is 73.6 cm³/mol. The molecule has 0 unspecified atom stereocenters. The van der Waals surface area contributed by atoms with E-state index in [-0.39, 0.29) is 39.6 Å². The second-order valence-electron chi connectivity index (χ2n) is 4.18. The first-order valence-electron chi connectivity index (χ1n) is 5.76. The Kier molecular flexibility index (Phi) is 4.25. The van der Waals surface area contributed by atoms with Gasteiger partial charge in [0.05, 0.1) is 23.7 Å². The number of methoxy groups -OCH3 is 1. The summed E-state index contributed by atoms with van der Waals surface area (Å²) in [6.07, 6.45) is 0. The van der Waals surface area contributed by atoms with E-state index in [9.17, 15) is 14.7 Å². The van der Waals surface area contributed by atoms with Crippen LogP contribution in [0.15, 0.2) is 6.07 Å².